The van der Waals surface area contributed by atoms with Gasteiger partial charge in [0.05, 0.1) is 0 Å². The molecule has 0 aliphatic rings. The van der Waals surface area contributed by atoms with Crippen LogP contribution in [-0.4, -0.2) is 16.6 Å². The van der Waals surface area contributed by atoms with Gasteiger partial charge in [0.15, 0.2) is 16.6 Å². The first kappa shape index (κ1) is 13.4. The zero-order valence-corrected chi connectivity index (χ0v) is 12.9. The van der Waals surface area contributed by atoms with Gasteiger partial charge in [-0.3, -0.25) is 0 Å². The summed E-state index contributed by atoms with van der Waals surface area (Å²) in [6.45, 7) is 11.3. The maximum Gasteiger partial charge on any atom is 0.198 e. The number of rotatable bonds is 4. The number of benzene rings is 1. The quantitative estimate of drug-likeness (QED) is 0.724. The average molecular weight is 250 g/mol. The molecule has 0 aliphatic heterocycles. The molecule has 0 aliphatic carbocycles. The molecule has 16 heavy (non-hydrogen) atoms. The van der Waals surface area contributed by atoms with Gasteiger partial charge in [0.25, 0.3) is 0 Å². The van der Waals surface area contributed by atoms with E-state index in [2.05, 4.69) is 68.8 Å². The van der Waals surface area contributed by atoms with Gasteiger partial charge in [-0.05, 0) is 38.3 Å². The second-order valence-corrected chi connectivity index (χ2v) is 14.1. The SMILES string of the molecule is C[Si](C)(C)O[Si](C)(C)/C=C\c1ccccc1. The van der Waals surface area contributed by atoms with Gasteiger partial charge in [0, 0.05) is 0 Å². The van der Waals surface area contributed by atoms with Gasteiger partial charge in [0.1, 0.15) is 0 Å². The molecule has 0 saturated carbocycles. The summed E-state index contributed by atoms with van der Waals surface area (Å²) in [5.74, 6) is 0. The summed E-state index contributed by atoms with van der Waals surface area (Å²) in [6, 6.07) is 10.4. The molecule has 3 heteroatoms. The van der Waals surface area contributed by atoms with E-state index >= 15 is 0 Å². The van der Waals surface area contributed by atoms with E-state index in [4.69, 9.17) is 4.12 Å². The Morgan fingerprint density at radius 3 is 2.00 bits per heavy atom. The van der Waals surface area contributed by atoms with E-state index < -0.39 is 16.6 Å². The third-order valence-corrected chi connectivity index (χ3v) is 7.57. The highest BCUT2D eigenvalue weighted by atomic mass is 28.4. The summed E-state index contributed by atoms with van der Waals surface area (Å²) < 4.78 is 6.24. The maximum atomic E-state index is 6.24. The zero-order valence-electron chi connectivity index (χ0n) is 10.9. The lowest BCUT2D eigenvalue weighted by atomic mass is 10.2. The topological polar surface area (TPSA) is 9.23 Å². The van der Waals surface area contributed by atoms with Gasteiger partial charge in [-0.15, -0.1) is 0 Å². The molecule has 0 N–H and O–H groups in total. The molecule has 0 saturated heterocycles. The van der Waals surface area contributed by atoms with E-state index in [9.17, 15) is 0 Å². The first-order chi connectivity index (χ1) is 7.29. The Hall–Kier alpha value is -0.646. The first-order valence-electron chi connectivity index (χ1n) is 5.73. The fraction of sp³-hybridized carbons (Fsp3) is 0.385. The Labute approximate surface area is 101 Å². The second kappa shape index (κ2) is 5.12. The molecular formula is C13H22OSi2. The molecule has 1 nitrogen and oxygen atoms in total. The molecule has 1 rings (SSSR count). The predicted molar refractivity (Wildman–Crippen MR) is 77.4 cm³/mol. The molecule has 0 amide bonds. The normalized spacial score (nSPS) is 13.3. The average Bonchev–Trinajstić information content (AvgIpc) is 2.13. The monoisotopic (exact) mass is 250 g/mol. The van der Waals surface area contributed by atoms with Crippen molar-refractivity contribution >= 4 is 22.7 Å². The standard InChI is InChI=1S/C13H22OSi2/c1-15(2,3)14-16(4,5)12-11-13-9-7-6-8-10-13/h6-12H,1-5H3/b12-11-. The highest BCUT2D eigenvalue weighted by molar-refractivity contribution is 6.87. The van der Waals surface area contributed by atoms with Crippen LogP contribution in [-0.2, 0) is 4.12 Å². The van der Waals surface area contributed by atoms with Crippen LogP contribution in [0, 0.1) is 0 Å². The summed E-state index contributed by atoms with van der Waals surface area (Å²) in [6.07, 6.45) is 2.19. The van der Waals surface area contributed by atoms with Gasteiger partial charge < -0.3 is 4.12 Å². The van der Waals surface area contributed by atoms with Crippen LogP contribution in [0.25, 0.3) is 6.08 Å². The molecule has 0 unspecified atom stereocenters. The summed E-state index contributed by atoms with van der Waals surface area (Å²) in [5.41, 5.74) is 3.53. The van der Waals surface area contributed by atoms with Crippen LogP contribution in [0.15, 0.2) is 36.0 Å². The zero-order chi connectivity index (χ0) is 12.2. The number of hydrogen-bond donors (Lipinski definition) is 0. The molecular weight excluding hydrogens is 228 g/mol. The van der Waals surface area contributed by atoms with E-state index in [-0.39, 0.29) is 0 Å². The molecule has 88 valence electrons. The lowest BCUT2D eigenvalue weighted by Crippen LogP contribution is -2.40. The van der Waals surface area contributed by atoms with Crippen molar-refractivity contribution in [1.29, 1.82) is 0 Å². The van der Waals surface area contributed by atoms with Crippen LogP contribution in [0.4, 0.5) is 0 Å². The van der Waals surface area contributed by atoms with E-state index in [0.717, 1.165) is 0 Å². The summed E-state index contributed by atoms with van der Waals surface area (Å²) in [4.78, 5) is 0. The number of hydrogen-bond acceptors (Lipinski definition) is 1. The highest BCUT2D eigenvalue weighted by Gasteiger charge is 2.26. The summed E-state index contributed by atoms with van der Waals surface area (Å²) in [7, 11) is -3.06. The van der Waals surface area contributed by atoms with Crippen LogP contribution < -0.4 is 0 Å². The second-order valence-electron chi connectivity index (χ2n) is 5.56. The first-order valence-corrected chi connectivity index (χ1v) is 12.1. The Bertz CT molecular complexity index is 350. The third kappa shape index (κ3) is 5.44. The minimum Gasteiger partial charge on any atom is -0.453 e. The lowest BCUT2D eigenvalue weighted by molar-refractivity contribution is 0.565. The molecule has 0 fully saturated rings. The van der Waals surface area contributed by atoms with Crippen molar-refractivity contribution in [1.82, 2.24) is 0 Å². The van der Waals surface area contributed by atoms with Crippen molar-refractivity contribution in [3.05, 3.63) is 41.6 Å². The van der Waals surface area contributed by atoms with Crippen LogP contribution in [0.2, 0.25) is 32.7 Å². The predicted octanol–water partition coefficient (Wildman–Crippen LogP) is 4.30. The third-order valence-electron chi connectivity index (χ3n) is 2.05. The van der Waals surface area contributed by atoms with Crippen LogP contribution in [0.5, 0.6) is 0 Å². The molecule has 0 aromatic heterocycles. The Morgan fingerprint density at radius 2 is 1.50 bits per heavy atom. The van der Waals surface area contributed by atoms with Crippen molar-refractivity contribution in [3.8, 4) is 0 Å². The van der Waals surface area contributed by atoms with Crippen LogP contribution in [0.3, 0.4) is 0 Å². The molecule has 0 bridgehead atoms. The van der Waals surface area contributed by atoms with Crippen molar-refractivity contribution in [2.75, 3.05) is 0 Å². The lowest BCUT2D eigenvalue weighted by Gasteiger charge is -2.28. The Balaban J connectivity index is 2.69. The Kier molecular flexibility index (Phi) is 4.30. The van der Waals surface area contributed by atoms with Gasteiger partial charge in [0.2, 0.25) is 0 Å². The molecule has 1 aromatic carbocycles. The molecule has 0 radical (unpaired) electrons. The Morgan fingerprint density at radius 1 is 0.938 bits per heavy atom. The van der Waals surface area contributed by atoms with Crippen molar-refractivity contribution in [3.63, 3.8) is 0 Å². The van der Waals surface area contributed by atoms with E-state index in [1.807, 2.05) is 6.07 Å². The maximum absolute atomic E-state index is 6.24. The summed E-state index contributed by atoms with van der Waals surface area (Å²) in [5, 5.41) is 0. The minimum absolute atomic E-state index is 1.25. The van der Waals surface area contributed by atoms with E-state index in [1.165, 1.54) is 5.56 Å². The van der Waals surface area contributed by atoms with Crippen LogP contribution >= 0.6 is 0 Å². The van der Waals surface area contributed by atoms with Gasteiger partial charge >= 0.3 is 0 Å². The van der Waals surface area contributed by atoms with Crippen LogP contribution in [0.1, 0.15) is 5.56 Å². The van der Waals surface area contributed by atoms with Gasteiger partial charge in [-0.25, -0.2) is 0 Å². The van der Waals surface area contributed by atoms with Crippen molar-refractivity contribution in [2.45, 2.75) is 32.7 Å². The smallest absolute Gasteiger partial charge is 0.198 e. The highest BCUT2D eigenvalue weighted by Crippen LogP contribution is 2.16. The van der Waals surface area contributed by atoms with E-state index in [1.54, 1.807) is 0 Å². The van der Waals surface area contributed by atoms with Crippen molar-refractivity contribution < 1.29 is 4.12 Å². The van der Waals surface area contributed by atoms with E-state index in [0.29, 0.717) is 0 Å². The summed E-state index contributed by atoms with van der Waals surface area (Å²) >= 11 is 0. The molecule has 0 atom stereocenters. The minimum atomic E-state index is -1.64. The molecule has 0 heterocycles. The van der Waals surface area contributed by atoms with Gasteiger partial charge in [-0.1, -0.05) is 42.1 Å². The molecule has 0 spiro atoms. The van der Waals surface area contributed by atoms with Crippen molar-refractivity contribution in [2.24, 2.45) is 0 Å². The fourth-order valence-electron chi connectivity index (χ4n) is 1.68. The van der Waals surface area contributed by atoms with Gasteiger partial charge in [-0.2, -0.15) is 0 Å². The molecule has 1 aromatic rings. The largest absolute Gasteiger partial charge is 0.453 e. The fourth-order valence-corrected chi connectivity index (χ4v) is 8.86.